The molecule has 37 heavy (non-hydrogen) atoms. The number of para-hydroxylation sites is 1. The van der Waals surface area contributed by atoms with Crippen molar-refractivity contribution >= 4 is 57.2 Å². The van der Waals surface area contributed by atoms with E-state index in [0.717, 1.165) is 28.4 Å². The second-order valence-corrected chi connectivity index (χ2v) is 9.83. The van der Waals surface area contributed by atoms with E-state index in [0.29, 0.717) is 35.5 Å². The van der Waals surface area contributed by atoms with Crippen LogP contribution in [0.4, 0.5) is 0 Å². The normalized spacial score (nSPS) is 15.1. The molecule has 0 N–H and O–H groups in total. The summed E-state index contributed by atoms with van der Waals surface area (Å²) >= 11 is 1.18. The molecule has 1 fully saturated rings. The fourth-order valence-electron chi connectivity index (χ4n) is 4.78. The van der Waals surface area contributed by atoms with Gasteiger partial charge in [-0.3, -0.25) is 14.2 Å². The highest BCUT2D eigenvalue weighted by Crippen LogP contribution is 2.29. The van der Waals surface area contributed by atoms with Crippen LogP contribution in [0.2, 0.25) is 0 Å². The van der Waals surface area contributed by atoms with Crippen LogP contribution >= 0.6 is 11.3 Å². The average Bonchev–Trinajstić information content (AvgIpc) is 3.38. The Morgan fingerprint density at radius 3 is 2.54 bits per heavy atom. The van der Waals surface area contributed by atoms with E-state index in [1.54, 1.807) is 11.8 Å². The number of aromatic nitrogens is 2. The number of rotatable bonds is 6. The number of hydrogen-bond acceptors (Lipinski definition) is 6. The summed E-state index contributed by atoms with van der Waals surface area (Å²) < 4.78 is 14.9. The Kier molecular flexibility index (Phi) is 7.25. The van der Waals surface area contributed by atoms with Crippen molar-refractivity contribution in [1.82, 2.24) is 14.0 Å². The van der Waals surface area contributed by atoms with Gasteiger partial charge in [0.1, 0.15) is 11.2 Å². The van der Waals surface area contributed by atoms with Crippen molar-refractivity contribution in [2.24, 2.45) is 0 Å². The van der Waals surface area contributed by atoms with E-state index in [1.807, 2.05) is 24.3 Å². The molecule has 0 atom stereocenters. The number of fused-ring (bicyclic) bond motifs is 3. The predicted octanol–water partition coefficient (Wildman–Crippen LogP) is 2.07. The zero-order valence-electron chi connectivity index (χ0n) is 20.9. The summed E-state index contributed by atoms with van der Waals surface area (Å²) in [5.74, 6) is -0.723. The minimum Gasteiger partial charge on any atom is -0.463 e. The number of thiazole rings is 1. The maximum absolute atomic E-state index is 13.4. The maximum Gasteiger partial charge on any atom is 0.333 e. The molecule has 0 unspecified atom stereocenters. The number of ether oxygens (including phenoxy) is 2. The van der Waals surface area contributed by atoms with Gasteiger partial charge in [-0.05, 0) is 43.7 Å². The molecule has 9 heteroatoms. The number of benzene rings is 2. The molecule has 192 valence electrons. The van der Waals surface area contributed by atoms with Crippen molar-refractivity contribution < 1.29 is 19.1 Å². The Hall–Kier alpha value is -3.69. The highest BCUT2D eigenvalue weighted by atomic mass is 32.1. The molecule has 0 saturated carbocycles. The van der Waals surface area contributed by atoms with Crippen LogP contribution in [0, 0.1) is 0 Å². The van der Waals surface area contributed by atoms with Gasteiger partial charge < -0.3 is 18.9 Å². The minimum atomic E-state index is -0.545. The molecule has 1 saturated heterocycles. The summed E-state index contributed by atoms with van der Waals surface area (Å²) in [4.78, 5) is 40.3. The number of amides is 1. The molecule has 0 radical (unpaired) electrons. The number of morpholine rings is 1. The summed E-state index contributed by atoms with van der Waals surface area (Å²) in [6.45, 7) is 6.70. The smallest absolute Gasteiger partial charge is 0.333 e. The molecule has 0 bridgehead atoms. The van der Waals surface area contributed by atoms with Gasteiger partial charge in [0, 0.05) is 41.4 Å². The van der Waals surface area contributed by atoms with Crippen LogP contribution in [0.1, 0.15) is 19.4 Å². The first-order chi connectivity index (χ1) is 18.0. The molecule has 1 aliphatic heterocycles. The van der Waals surface area contributed by atoms with E-state index in [4.69, 9.17) is 9.47 Å². The molecule has 2 aromatic heterocycles. The molecular formula is C28H29N3O5S. The monoisotopic (exact) mass is 519 g/mol. The minimum absolute atomic E-state index is 0.141. The lowest BCUT2D eigenvalue weighted by atomic mass is 10.1. The number of aryl methyl sites for hydroxylation is 1. The predicted molar refractivity (Wildman–Crippen MR) is 145 cm³/mol. The molecule has 1 amide bonds. The first-order valence-electron chi connectivity index (χ1n) is 12.5. The van der Waals surface area contributed by atoms with E-state index >= 15 is 0 Å². The number of esters is 1. The topological polar surface area (TPSA) is 82.8 Å². The highest BCUT2D eigenvalue weighted by molar-refractivity contribution is 7.07. The highest BCUT2D eigenvalue weighted by Gasteiger charge is 2.19. The molecular weight excluding hydrogens is 490 g/mol. The lowest BCUT2D eigenvalue weighted by Crippen LogP contribution is -2.45. The van der Waals surface area contributed by atoms with Crippen LogP contribution in [-0.2, 0) is 32.2 Å². The Balaban J connectivity index is 1.60. The van der Waals surface area contributed by atoms with Gasteiger partial charge in [0.2, 0.25) is 5.91 Å². The Labute approximate surface area is 217 Å². The van der Waals surface area contributed by atoms with Crippen molar-refractivity contribution in [2.45, 2.75) is 26.9 Å². The first kappa shape index (κ1) is 25.0. The third kappa shape index (κ3) is 4.97. The largest absolute Gasteiger partial charge is 0.463 e. The van der Waals surface area contributed by atoms with Crippen molar-refractivity contribution in [3.05, 3.63) is 67.6 Å². The number of carbonyl (C=O) groups is 2. The van der Waals surface area contributed by atoms with Gasteiger partial charge in [0.25, 0.3) is 5.56 Å². The Morgan fingerprint density at radius 2 is 1.78 bits per heavy atom. The summed E-state index contributed by atoms with van der Waals surface area (Å²) in [7, 11) is 0. The second kappa shape index (κ2) is 10.7. The van der Waals surface area contributed by atoms with Gasteiger partial charge in [-0.15, -0.1) is 11.3 Å². The SMILES string of the molecule is CCOC(=O)/C=c1\s/c(=C\c2ccc3c(c2)c2ccccc2n3CC)c(=O)n1CC(=O)N1CCOCC1. The van der Waals surface area contributed by atoms with E-state index in [9.17, 15) is 14.4 Å². The van der Waals surface area contributed by atoms with Crippen LogP contribution in [0.25, 0.3) is 34.0 Å². The zero-order chi connectivity index (χ0) is 25.9. The summed E-state index contributed by atoms with van der Waals surface area (Å²) in [6, 6.07) is 14.4. The molecule has 0 spiro atoms. The van der Waals surface area contributed by atoms with Crippen molar-refractivity contribution in [1.29, 1.82) is 0 Å². The third-order valence-electron chi connectivity index (χ3n) is 6.53. The third-order valence-corrected chi connectivity index (χ3v) is 7.59. The second-order valence-electron chi connectivity index (χ2n) is 8.77. The molecule has 1 aliphatic rings. The van der Waals surface area contributed by atoms with Gasteiger partial charge in [0.05, 0.1) is 30.4 Å². The molecule has 0 aliphatic carbocycles. The van der Waals surface area contributed by atoms with Gasteiger partial charge in [-0.1, -0.05) is 24.3 Å². The summed E-state index contributed by atoms with van der Waals surface area (Å²) in [6.07, 6.45) is 3.11. The van der Waals surface area contributed by atoms with Crippen molar-refractivity contribution in [3.8, 4) is 0 Å². The van der Waals surface area contributed by atoms with Gasteiger partial charge in [-0.2, -0.15) is 0 Å². The zero-order valence-corrected chi connectivity index (χ0v) is 21.8. The van der Waals surface area contributed by atoms with E-state index in [2.05, 4.69) is 35.8 Å². The molecule has 4 aromatic rings. The van der Waals surface area contributed by atoms with Crippen LogP contribution in [-0.4, -0.2) is 58.8 Å². The van der Waals surface area contributed by atoms with Crippen LogP contribution < -0.4 is 14.8 Å². The Bertz CT molecular complexity index is 1660. The fraction of sp³-hybridized carbons (Fsp3) is 0.321. The quantitative estimate of drug-likeness (QED) is 0.364. The lowest BCUT2D eigenvalue weighted by Gasteiger charge is -2.26. The van der Waals surface area contributed by atoms with Crippen molar-refractivity contribution in [2.75, 3.05) is 32.9 Å². The Morgan fingerprint density at radius 1 is 1.03 bits per heavy atom. The average molecular weight is 520 g/mol. The van der Waals surface area contributed by atoms with Crippen LogP contribution in [0.3, 0.4) is 0 Å². The molecule has 8 nitrogen and oxygen atoms in total. The fourth-order valence-corrected chi connectivity index (χ4v) is 5.81. The van der Waals surface area contributed by atoms with E-state index in [1.165, 1.54) is 27.5 Å². The van der Waals surface area contributed by atoms with Crippen LogP contribution in [0.5, 0.6) is 0 Å². The maximum atomic E-state index is 13.4. The van der Waals surface area contributed by atoms with E-state index < -0.39 is 5.97 Å². The molecule has 5 rings (SSSR count). The first-order valence-corrected chi connectivity index (χ1v) is 13.3. The lowest BCUT2D eigenvalue weighted by molar-refractivity contribution is -0.136. The van der Waals surface area contributed by atoms with Gasteiger partial charge in [-0.25, -0.2) is 4.79 Å². The standard InChI is InChI=1S/C28H29N3O5S/c1-3-30-22-8-6-5-7-20(22)21-15-19(9-10-23(21)30)16-24-28(34)31(26(37-24)17-27(33)36-4-2)18-25(32)29-11-13-35-14-12-29/h5-10,15-17H,3-4,11-14,18H2,1-2H3/b24-16-,26-17-. The molecule has 2 aromatic carbocycles. The number of carbonyl (C=O) groups excluding carboxylic acids is 2. The van der Waals surface area contributed by atoms with E-state index in [-0.39, 0.29) is 24.6 Å². The molecule has 3 heterocycles. The number of nitrogens with zero attached hydrogens (tertiary/aromatic N) is 3. The van der Waals surface area contributed by atoms with Crippen LogP contribution in [0.15, 0.2) is 47.3 Å². The van der Waals surface area contributed by atoms with Gasteiger partial charge >= 0.3 is 5.97 Å². The number of hydrogen-bond donors (Lipinski definition) is 0. The van der Waals surface area contributed by atoms with Crippen molar-refractivity contribution in [3.63, 3.8) is 0 Å². The summed E-state index contributed by atoms with van der Waals surface area (Å²) in [5.41, 5.74) is 2.87. The summed E-state index contributed by atoms with van der Waals surface area (Å²) in [5, 5.41) is 2.27. The van der Waals surface area contributed by atoms with Gasteiger partial charge in [0.15, 0.2) is 0 Å².